The predicted octanol–water partition coefficient (Wildman–Crippen LogP) is 3.69. The van der Waals surface area contributed by atoms with Crippen LogP contribution < -0.4 is 5.32 Å². The molecule has 3 aromatic rings. The van der Waals surface area contributed by atoms with Crippen molar-refractivity contribution in [2.45, 2.75) is 13.8 Å². The average molecular weight is 340 g/mol. The molecule has 0 bridgehead atoms. The number of anilines is 1. The molecule has 3 aromatic heterocycles. The van der Waals surface area contributed by atoms with Gasteiger partial charge in [0.25, 0.3) is 5.91 Å². The van der Waals surface area contributed by atoms with Gasteiger partial charge in [-0.1, -0.05) is 0 Å². The summed E-state index contributed by atoms with van der Waals surface area (Å²) in [5, 5.41) is 2.51. The van der Waals surface area contributed by atoms with Crippen molar-refractivity contribution in [1.29, 1.82) is 0 Å². The van der Waals surface area contributed by atoms with E-state index in [-0.39, 0.29) is 22.8 Å². The van der Waals surface area contributed by atoms with Crippen LogP contribution in [0.4, 0.5) is 14.6 Å². The molecule has 1 amide bonds. The van der Waals surface area contributed by atoms with Gasteiger partial charge in [0, 0.05) is 23.5 Å². The Kier molecular flexibility index (Phi) is 4.47. The Balaban J connectivity index is 1.98. The van der Waals surface area contributed by atoms with Crippen molar-refractivity contribution in [3.05, 3.63) is 71.4 Å². The first kappa shape index (κ1) is 16.6. The Hall–Kier alpha value is -3.22. The third-order valence-corrected chi connectivity index (χ3v) is 3.65. The van der Waals surface area contributed by atoms with E-state index in [1.165, 1.54) is 31.3 Å². The van der Waals surface area contributed by atoms with E-state index in [2.05, 4.69) is 20.3 Å². The van der Waals surface area contributed by atoms with Crippen molar-refractivity contribution < 1.29 is 13.6 Å². The first-order valence-electron chi connectivity index (χ1n) is 7.46. The highest BCUT2D eigenvalue weighted by Gasteiger charge is 2.17. The van der Waals surface area contributed by atoms with Gasteiger partial charge in [0.2, 0.25) is 0 Å². The lowest BCUT2D eigenvalue weighted by molar-refractivity contribution is 0.102. The Labute approximate surface area is 142 Å². The topological polar surface area (TPSA) is 67.8 Å². The summed E-state index contributed by atoms with van der Waals surface area (Å²) in [6.07, 6.45) is 4.14. The van der Waals surface area contributed by atoms with Gasteiger partial charge in [0.05, 0.1) is 11.9 Å². The third-order valence-electron chi connectivity index (χ3n) is 3.65. The summed E-state index contributed by atoms with van der Waals surface area (Å²) < 4.78 is 27.4. The van der Waals surface area contributed by atoms with Crippen molar-refractivity contribution in [3.63, 3.8) is 0 Å². The third kappa shape index (κ3) is 3.50. The van der Waals surface area contributed by atoms with E-state index in [4.69, 9.17) is 0 Å². The standard InChI is InChI=1S/C18H14F2N4O/c1-10-5-6-21-9-14(10)13-7-15(23-11(2)17(13)20)18(25)24-16-4-3-12(19)8-22-16/h3-9H,1-2H3,(H,22,24,25). The molecule has 0 unspecified atom stereocenters. The molecule has 3 heterocycles. The molecule has 25 heavy (non-hydrogen) atoms. The number of aryl methyl sites for hydroxylation is 2. The number of nitrogens with one attached hydrogen (secondary N) is 1. The van der Waals surface area contributed by atoms with Gasteiger partial charge in [-0.25, -0.2) is 18.7 Å². The van der Waals surface area contributed by atoms with Crippen LogP contribution in [0.2, 0.25) is 0 Å². The lowest BCUT2D eigenvalue weighted by atomic mass is 10.0. The minimum absolute atomic E-state index is 0.0308. The van der Waals surface area contributed by atoms with Gasteiger partial charge < -0.3 is 5.32 Å². The van der Waals surface area contributed by atoms with Gasteiger partial charge >= 0.3 is 0 Å². The Morgan fingerprint density at radius 2 is 1.88 bits per heavy atom. The monoisotopic (exact) mass is 340 g/mol. The molecule has 0 saturated heterocycles. The summed E-state index contributed by atoms with van der Waals surface area (Å²) in [7, 11) is 0. The Morgan fingerprint density at radius 1 is 1.08 bits per heavy atom. The number of aromatic nitrogens is 3. The second-order valence-electron chi connectivity index (χ2n) is 5.46. The van der Waals surface area contributed by atoms with Crippen LogP contribution in [0.15, 0.2) is 42.9 Å². The van der Waals surface area contributed by atoms with Gasteiger partial charge in [-0.05, 0) is 43.7 Å². The van der Waals surface area contributed by atoms with Gasteiger partial charge in [-0.2, -0.15) is 0 Å². The molecule has 5 nitrogen and oxygen atoms in total. The molecule has 0 aliphatic rings. The van der Waals surface area contributed by atoms with Crippen molar-refractivity contribution in [1.82, 2.24) is 15.0 Å². The second kappa shape index (κ2) is 6.72. The van der Waals surface area contributed by atoms with Crippen LogP contribution in [0.3, 0.4) is 0 Å². The summed E-state index contributed by atoms with van der Waals surface area (Å²) >= 11 is 0. The van der Waals surface area contributed by atoms with Crippen LogP contribution in [0, 0.1) is 25.5 Å². The minimum Gasteiger partial charge on any atom is -0.305 e. The summed E-state index contributed by atoms with van der Waals surface area (Å²) in [5.41, 5.74) is 1.78. The van der Waals surface area contributed by atoms with E-state index in [1.54, 1.807) is 12.3 Å². The van der Waals surface area contributed by atoms with Gasteiger partial charge in [0.15, 0.2) is 5.82 Å². The number of hydrogen-bond donors (Lipinski definition) is 1. The zero-order chi connectivity index (χ0) is 18.0. The minimum atomic E-state index is -0.565. The van der Waals surface area contributed by atoms with E-state index in [0.29, 0.717) is 5.56 Å². The van der Waals surface area contributed by atoms with Gasteiger partial charge in [-0.3, -0.25) is 9.78 Å². The van der Waals surface area contributed by atoms with Gasteiger partial charge in [-0.15, -0.1) is 0 Å². The zero-order valence-electron chi connectivity index (χ0n) is 13.5. The number of nitrogens with zero attached hydrogens (tertiary/aromatic N) is 3. The maximum absolute atomic E-state index is 14.5. The molecule has 0 atom stereocenters. The molecule has 0 aliphatic carbocycles. The normalized spacial score (nSPS) is 10.6. The summed E-state index contributed by atoms with van der Waals surface area (Å²) in [6.45, 7) is 3.31. The average Bonchev–Trinajstić information content (AvgIpc) is 2.60. The van der Waals surface area contributed by atoms with E-state index in [0.717, 1.165) is 11.8 Å². The SMILES string of the molecule is Cc1ccncc1-c1cc(C(=O)Nc2ccc(F)cn2)nc(C)c1F. The maximum Gasteiger partial charge on any atom is 0.275 e. The molecule has 3 rings (SSSR count). The maximum atomic E-state index is 14.5. The Bertz CT molecular complexity index is 942. The molecule has 1 N–H and O–H groups in total. The number of rotatable bonds is 3. The number of carbonyl (C=O) groups excluding carboxylic acids is 1. The Morgan fingerprint density at radius 3 is 2.56 bits per heavy atom. The van der Waals surface area contributed by atoms with E-state index < -0.39 is 17.5 Å². The highest BCUT2D eigenvalue weighted by molar-refractivity contribution is 6.03. The first-order chi connectivity index (χ1) is 12.0. The number of halogens is 2. The summed E-state index contributed by atoms with van der Waals surface area (Å²) in [4.78, 5) is 24.1. The fourth-order valence-electron chi connectivity index (χ4n) is 2.35. The molecule has 0 radical (unpaired) electrons. The van der Waals surface area contributed by atoms with E-state index in [9.17, 15) is 13.6 Å². The molecule has 0 saturated carbocycles. The second-order valence-corrected chi connectivity index (χ2v) is 5.46. The molecule has 0 aromatic carbocycles. The lowest BCUT2D eigenvalue weighted by Gasteiger charge is -2.11. The summed E-state index contributed by atoms with van der Waals surface area (Å²) in [6, 6.07) is 5.63. The zero-order valence-corrected chi connectivity index (χ0v) is 13.5. The number of carbonyl (C=O) groups is 1. The van der Waals surface area contributed by atoms with Crippen LogP contribution >= 0.6 is 0 Å². The lowest BCUT2D eigenvalue weighted by Crippen LogP contribution is -2.16. The number of hydrogen-bond acceptors (Lipinski definition) is 4. The first-order valence-corrected chi connectivity index (χ1v) is 7.46. The largest absolute Gasteiger partial charge is 0.305 e. The van der Waals surface area contributed by atoms with Gasteiger partial charge in [0.1, 0.15) is 17.3 Å². The smallest absolute Gasteiger partial charge is 0.275 e. The van der Waals surface area contributed by atoms with Crippen molar-refractivity contribution >= 4 is 11.7 Å². The highest BCUT2D eigenvalue weighted by atomic mass is 19.1. The van der Waals surface area contributed by atoms with E-state index >= 15 is 0 Å². The van der Waals surface area contributed by atoms with E-state index in [1.807, 2.05) is 6.92 Å². The van der Waals surface area contributed by atoms with Crippen LogP contribution in [-0.2, 0) is 0 Å². The molecule has 7 heteroatoms. The molecule has 0 spiro atoms. The number of amides is 1. The van der Waals surface area contributed by atoms with Crippen LogP contribution in [-0.4, -0.2) is 20.9 Å². The molecule has 0 fully saturated rings. The van der Waals surface area contributed by atoms with Crippen molar-refractivity contribution in [3.8, 4) is 11.1 Å². The van der Waals surface area contributed by atoms with Crippen LogP contribution in [0.25, 0.3) is 11.1 Å². The molecule has 0 aliphatic heterocycles. The fraction of sp³-hybridized carbons (Fsp3) is 0.111. The fourth-order valence-corrected chi connectivity index (χ4v) is 2.35. The van der Waals surface area contributed by atoms with Crippen molar-refractivity contribution in [2.24, 2.45) is 0 Å². The summed E-state index contributed by atoms with van der Waals surface area (Å²) in [5.74, 6) is -1.41. The molecular formula is C18H14F2N4O. The molecule has 126 valence electrons. The van der Waals surface area contributed by atoms with Crippen LogP contribution in [0.1, 0.15) is 21.7 Å². The highest BCUT2D eigenvalue weighted by Crippen LogP contribution is 2.27. The molecular weight excluding hydrogens is 326 g/mol. The number of pyridine rings is 3. The predicted molar refractivity (Wildman–Crippen MR) is 89.0 cm³/mol. The van der Waals surface area contributed by atoms with Crippen molar-refractivity contribution in [2.75, 3.05) is 5.32 Å². The quantitative estimate of drug-likeness (QED) is 0.790. The van der Waals surface area contributed by atoms with Crippen LogP contribution in [0.5, 0.6) is 0 Å².